The standard InChI is InChI=1S/C15H15BrN2O4/c1-9-2-4-10(5-3-9)12-8-17(15(21)22-12)11-6-7-13(19)18(16)14(11)20/h2-5,11-12H,6-8H2,1H3. The number of hydrogen-bond acceptors (Lipinski definition) is 4. The quantitative estimate of drug-likeness (QED) is 0.594. The van der Waals surface area contributed by atoms with E-state index in [1.165, 1.54) is 4.90 Å². The van der Waals surface area contributed by atoms with E-state index in [1.54, 1.807) is 0 Å². The number of cyclic esters (lactones) is 1. The van der Waals surface area contributed by atoms with Crippen LogP contribution in [-0.4, -0.2) is 39.3 Å². The Labute approximate surface area is 136 Å². The van der Waals surface area contributed by atoms with Crippen molar-refractivity contribution in [3.63, 3.8) is 0 Å². The fourth-order valence-corrected chi connectivity index (χ4v) is 3.13. The minimum atomic E-state index is -0.653. The molecular formula is C15H15BrN2O4. The number of benzene rings is 1. The highest BCUT2D eigenvalue weighted by atomic mass is 79.9. The van der Waals surface area contributed by atoms with Crippen molar-refractivity contribution in [3.05, 3.63) is 35.4 Å². The third kappa shape index (κ3) is 2.61. The van der Waals surface area contributed by atoms with Crippen LogP contribution in [0.1, 0.15) is 30.1 Å². The van der Waals surface area contributed by atoms with Crippen LogP contribution in [0.5, 0.6) is 0 Å². The van der Waals surface area contributed by atoms with Gasteiger partial charge in [0.15, 0.2) is 0 Å². The number of hydrogen-bond donors (Lipinski definition) is 0. The summed E-state index contributed by atoms with van der Waals surface area (Å²) in [6.07, 6.45) is -0.350. The van der Waals surface area contributed by atoms with Gasteiger partial charge in [0.05, 0.1) is 22.7 Å². The van der Waals surface area contributed by atoms with Gasteiger partial charge in [-0.05, 0) is 18.9 Å². The molecule has 1 aromatic carbocycles. The average molecular weight is 367 g/mol. The van der Waals surface area contributed by atoms with Crippen LogP contribution >= 0.6 is 16.1 Å². The number of amides is 3. The summed E-state index contributed by atoms with van der Waals surface area (Å²) < 4.78 is 6.29. The summed E-state index contributed by atoms with van der Waals surface area (Å²) in [4.78, 5) is 37.2. The average Bonchev–Trinajstić information content (AvgIpc) is 2.88. The summed E-state index contributed by atoms with van der Waals surface area (Å²) in [7, 11) is 0. The Morgan fingerprint density at radius 3 is 2.55 bits per heavy atom. The number of halogens is 1. The second-order valence-corrected chi connectivity index (χ2v) is 6.21. The smallest absolute Gasteiger partial charge is 0.411 e. The Morgan fingerprint density at radius 2 is 1.86 bits per heavy atom. The number of nitrogens with zero attached hydrogens (tertiary/aromatic N) is 2. The number of piperidine rings is 1. The molecule has 0 bridgehead atoms. The van der Waals surface area contributed by atoms with Gasteiger partial charge in [-0.3, -0.25) is 14.5 Å². The molecule has 3 amide bonds. The maximum atomic E-state index is 12.2. The first kappa shape index (κ1) is 15.0. The molecule has 2 saturated heterocycles. The normalized spacial score (nSPS) is 25.6. The molecule has 0 saturated carbocycles. The lowest BCUT2D eigenvalue weighted by Crippen LogP contribution is -2.51. The van der Waals surface area contributed by atoms with Gasteiger partial charge < -0.3 is 4.74 Å². The summed E-state index contributed by atoms with van der Waals surface area (Å²) in [5.74, 6) is -0.707. The highest BCUT2D eigenvalue weighted by Gasteiger charge is 2.44. The van der Waals surface area contributed by atoms with E-state index >= 15 is 0 Å². The summed E-state index contributed by atoms with van der Waals surface area (Å²) in [6, 6.07) is 7.09. The van der Waals surface area contributed by atoms with Crippen molar-refractivity contribution in [3.8, 4) is 0 Å². The Balaban J connectivity index is 1.76. The third-order valence-corrected chi connectivity index (χ3v) is 4.74. The Morgan fingerprint density at radius 1 is 1.18 bits per heavy atom. The summed E-state index contributed by atoms with van der Waals surface area (Å²) in [6.45, 7) is 2.30. The third-order valence-electron chi connectivity index (χ3n) is 3.99. The molecule has 22 heavy (non-hydrogen) atoms. The Bertz CT molecular complexity index is 631. The molecular weight excluding hydrogens is 352 g/mol. The van der Waals surface area contributed by atoms with E-state index in [4.69, 9.17) is 4.74 Å². The maximum Gasteiger partial charge on any atom is 0.411 e. The highest BCUT2D eigenvalue weighted by molar-refractivity contribution is 9.08. The predicted octanol–water partition coefficient (Wildman–Crippen LogP) is 2.32. The molecule has 116 valence electrons. The van der Waals surface area contributed by atoms with Gasteiger partial charge in [0.25, 0.3) is 5.91 Å². The first-order valence-electron chi connectivity index (χ1n) is 7.04. The molecule has 7 heteroatoms. The number of carbonyl (C=O) groups excluding carboxylic acids is 3. The molecule has 1 aromatic rings. The summed E-state index contributed by atoms with van der Waals surface area (Å²) in [5, 5.41) is 0. The Kier molecular flexibility index (Phi) is 3.90. The molecule has 0 aromatic heterocycles. The SMILES string of the molecule is Cc1ccc(C2CN(C3CCC(=O)N(Br)C3=O)C(=O)O2)cc1. The van der Waals surface area contributed by atoms with Crippen LogP contribution in [0.4, 0.5) is 4.79 Å². The number of carbonyl (C=O) groups is 3. The van der Waals surface area contributed by atoms with Crippen LogP contribution in [-0.2, 0) is 14.3 Å². The molecule has 2 aliphatic rings. The van der Waals surface area contributed by atoms with Crippen LogP contribution < -0.4 is 0 Å². The second-order valence-electron chi connectivity index (χ2n) is 5.50. The first-order chi connectivity index (χ1) is 10.5. The van der Waals surface area contributed by atoms with Gasteiger partial charge in [0, 0.05) is 6.42 Å². The molecule has 2 aliphatic heterocycles. The van der Waals surface area contributed by atoms with E-state index in [0.29, 0.717) is 13.0 Å². The fourth-order valence-electron chi connectivity index (χ4n) is 2.71. The van der Waals surface area contributed by atoms with Crippen molar-refractivity contribution >= 4 is 34.1 Å². The predicted molar refractivity (Wildman–Crippen MR) is 80.9 cm³/mol. The first-order valence-corrected chi connectivity index (χ1v) is 7.74. The lowest BCUT2D eigenvalue weighted by molar-refractivity contribution is -0.144. The topological polar surface area (TPSA) is 66.9 Å². The molecule has 2 fully saturated rings. The molecule has 0 radical (unpaired) electrons. The van der Waals surface area contributed by atoms with Crippen molar-refractivity contribution in [1.82, 2.24) is 8.83 Å². The van der Waals surface area contributed by atoms with Crippen LogP contribution in [0.25, 0.3) is 0 Å². The van der Waals surface area contributed by atoms with Gasteiger partial charge in [0.1, 0.15) is 12.1 Å². The zero-order chi connectivity index (χ0) is 15.9. The Hall–Kier alpha value is -1.89. The summed E-state index contributed by atoms with van der Waals surface area (Å²) >= 11 is 2.95. The lowest BCUT2D eigenvalue weighted by Gasteiger charge is -2.30. The van der Waals surface area contributed by atoms with Crippen molar-refractivity contribution < 1.29 is 19.1 Å². The van der Waals surface area contributed by atoms with E-state index in [-0.39, 0.29) is 18.4 Å². The van der Waals surface area contributed by atoms with E-state index in [0.717, 1.165) is 15.1 Å². The number of imide groups is 1. The van der Waals surface area contributed by atoms with E-state index < -0.39 is 18.0 Å². The number of ether oxygens (including phenoxy) is 1. The lowest BCUT2D eigenvalue weighted by atomic mass is 10.0. The van der Waals surface area contributed by atoms with Crippen LogP contribution in [0.15, 0.2) is 24.3 Å². The van der Waals surface area contributed by atoms with Crippen molar-refractivity contribution in [1.29, 1.82) is 0 Å². The molecule has 0 aliphatic carbocycles. The monoisotopic (exact) mass is 366 g/mol. The van der Waals surface area contributed by atoms with Gasteiger partial charge in [-0.15, -0.1) is 0 Å². The highest BCUT2D eigenvalue weighted by Crippen LogP contribution is 2.31. The van der Waals surface area contributed by atoms with E-state index in [2.05, 4.69) is 16.1 Å². The molecule has 0 N–H and O–H groups in total. The zero-order valence-electron chi connectivity index (χ0n) is 12.0. The largest absolute Gasteiger partial charge is 0.439 e. The molecule has 3 rings (SSSR count). The maximum absolute atomic E-state index is 12.2. The van der Waals surface area contributed by atoms with Crippen molar-refractivity contribution in [2.45, 2.75) is 31.9 Å². The van der Waals surface area contributed by atoms with Gasteiger partial charge in [-0.2, -0.15) is 0 Å². The van der Waals surface area contributed by atoms with E-state index in [1.807, 2.05) is 31.2 Å². The van der Waals surface area contributed by atoms with Crippen molar-refractivity contribution in [2.24, 2.45) is 0 Å². The molecule has 0 spiro atoms. The fraction of sp³-hybridized carbons (Fsp3) is 0.400. The van der Waals surface area contributed by atoms with Crippen LogP contribution in [0.2, 0.25) is 0 Å². The van der Waals surface area contributed by atoms with Gasteiger partial charge in [-0.25, -0.2) is 8.72 Å². The molecule has 2 heterocycles. The number of aryl methyl sites for hydroxylation is 1. The van der Waals surface area contributed by atoms with Gasteiger partial charge >= 0.3 is 6.09 Å². The van der Waals surface area contributed by atoms with Gasteiger partial charge in [-0.1, -0.05) is 29.8 Å². The van der Waals surface area contributed by atoms with Crippen LogP contribution in [0.3, 0.4) is 0 Å². The molecule has 2 unspecified atom stereocenters. The minimum Gasteiger partial charge on any atom is -0.439 e. The van der Waals surface area contributed by atoms with Gasteiger partial charge in [0.2, 0.25) is 5.91 Å². The van der Waals surface area contributed by atoms with E-state index in [9.17, 15) is 14.4 Å². The minimum absolute atomic E-state index is 0.223. The van der Waals surface area contributed by atoms with Crippen LogP contribution in [0, 0.1) is 6.92 Å². The van der Waals surface area contributed by atoms with Crippen molar-refractivity contribution in [2.75, 3.05) is 6.54 Å². The number of rotatable bonds is 2. The zero-order valence-corrected chi connectivity index (χ0v) is 13.6. The molecule has 2 atom stereocenters. The second kappa shape index (κ2) is 5.72. The summed E-state index contributed by atoms with van der Waals surface area (Å²) in [5.41, 5.74) is 2.03. The molecule has 6 nitrogen and oxygen atoms in total.